The maximum atomic E-state index is 13.6. The highest BCUT2D eigenvalue weighted by Gasteiger charge is 2.46. The van der Waals surface area contributed by atoms with Gasteiger partial charge in [0.05, 0.1) is 17.9 Å². The molecule has 2 aliphatic rings. The minimum absolute atomic E-state index is 0.190. The number of piperidine rings is 1. The van der Waals surface area contributed by atoms with Crippen molar-refractivity contribution in [1.82, 2.24) is 5.32 Å². The Bertz CT molecular complexity index is 1000. The summed E-state index contributed by atoms with van der Waals surface area (Å²) >= 11 is 0. The zero-order valence-electron chi connectivity index (χ0n) is 15.2. The highest BCUT2D eigenvalue weighted by atomic mass is 16.2. The van der Waals surface area contributed by atoms with Crippen molar-refractivity contribution in [3.8, 4) is 0 Å². The van der Waals surface area contributed by atoms with Crippen molar-refractivity contribution in [2.75, 3.05) is 23.3 Å². The molecule has 0 saturated carbocycles. The number of rotatable bonds is 2. The molecule has 4 heteroatoms. The lowest BCUT2D eigenvalue weighted by Crippen LogP contribution is -2.61. The predicted molar refractivity (Wildman–Crippen MR) is 110 cm³/mol. The molecule has 0 bridgehead atoms. The van der Waals surface area contributed by atoms with E-state index in [0.29, 0.717) is 6.54 Å². The van der Waals surface area contributed by atoms with Crippen LogP contribution in [0.4, 0.5) is 11.4 Å². The van der Waals surface area contributed by atoms with Gasteiger partial charge < -0.3 is 15.5 Å². The fourth-order valence-electron chi connectivity index (χ4n) is 4.44. The smallest absolute Gasteiger partial charge is 0.253 e. The summed E-state index contributed by atoms with van der Waals surface area (Å²) in [6.45, 7) is 2.32. The predicted octanol–water partition coefficient (Wildman–Crippen LogP) is 3.92. The molecule has 0 aliphatic carbocycles. The van der Waals surface area contributed by atoms with Crippen LogP contribution in [0.2, 0.25) is 0 Å². The molecule has 27 heavy (non-hydrogen) atoms. The van der Waals surface area contributed by atoms with E-state index in [-0.39, 0.29) is 5.91 Å². The minimum atomic E-state index is -0.496. The van der Waals surface area contributed by atoms with Gasteiger partial charge in [-0.3, -0.25) is 4.79 Å². The topological polar surface area (TPSA) is 44.4 Å². The van der Waals surface area contributed by atoms with Gasteiger partial charge in [0.15, 0.2) is 0 Å². The molecule has 3 aromatic rings. The molecular weight excluding hydrogens is 334 g/mol. The molecule has 0 radical (unpaired) electrons. The van der Waals surface area contributed by atoms with E-state index in [0.717, 1.165) is 37.3 Å². The molecule has 4 nitrogen and oxygen atoms in total. The normalized spacial score (nSPS) is 18.4. The standard InChI is InChI=1S/C23H23N3O/c27-22-23(12-14-24-15-13-23)25-20-10-3-4-11-21(20)26(22)16-18-8-5-7-17-6-1-2-9-19(17)18/h1-11,24-25H,12-16H2. The first-order valence-electron chi connectivity index (χ1n) is 9.63. The van der Waals surface area contributed by atoms with Crippen molar-refractivity contribution >= 4 is 28.1 Å². The van der Waals surface area contributed by atoms with E-state index < -0.39 is 5.54 Å². The van der Waals surface area contributed by atoms with E-state index >= 15 is 0 Å². The Morgan fingerprint density at radius 1 is 0.889 bits per heavy atom. The lowest BCUT2D eigenvalue weighted by molar-refractivity contribution is -0.124. The second kappa shape index (κ2) is 6.39. The first kappa shape index (κ1) is 16.3. The Balaban J connectivity index is 1.60. The third-order valence-corrected chi connectivity index (χ3v) is 5.89. The number of carbonyl (C=O) groups excluding carboxylic acids is 1. The summed E-state index contributed by atoms with van der Waals surface area (Å²) in [6, 6.07) is 22.9. The number of para-hydroxylation sites is 2. The number of benzene rings is 3. The van der Waals surface area contributed by atoms with Gasteiger partial charge in [0.1, 0.15) is 5.54 Å². The highest BCUT2D eigenvalue weighted by molar-refractivity contribution is 6.08. The number of carbonyl (C=O) groups is 1. The monoisotopic (exact) mass is 357 g/mol. The number of nitrogens with zero attached hydrogens (tertiary/aromatic N) is 1. The van der Waals surface area contributed by atoms with Gasteiger partial charge in [-0.15, -0.1) is 0 Å². The van der Waals surface area contributed by atoms with Gasteiger partial charge in [-0.1, -0.05) is 54.6 Å². The molecule has 136 valence electrons. The molecule has 0 aromatic heterocycles. The molecule has 5 rings (SSSR count). The Morgan fingerprint density at radius 3 is 2.52 bits per heavy atom. The summed E-state index contributed by atoms with van der Waals surface area (Å²) in [4.78, 5) is 15.6. The summed E-state index contributed by atoms with van der Waals surface area (Å²) in [5, 5.41) is 9.38. The molecule has 3 aromatic carbocycles. The van der Waals surface area contributed by atoms with Crippen LogP contribution in [0.25, 0.3) is 10.8 Å². The van der Waals surface area contributed by atoms with Gasteiger partial charge in [-0.05, 0) is 54.4 Å². The Labute approximate surface area is 159 Å². The molecule has 0 atom stereocenters. The fraction of sp³-hybridized carbons (Fsp3) is 0.261. The van der Waals surface area contributed by atoms with E-state index in [1.807, 2.05) is 23.1 Å². The van der Waals surface area contributed by atoms with Crippen molar-refractivity contribution in [3.63, 3.8) is 0 Å². The Kier molecular flexibility index (Phi) is 3.87. The van der Waals surface area contributed by atoms with Crippen molar-refractivity contribution < 1.29 is 4.79 Å². The van der Waals surface area contributed by atoms with Gasteiger partial charge in [-0.25, -0.2) is 0 Å². The van der Waals surface area contributed by atoms with Crippen LogP contribution in [0.5, 0.6) is 0 Å². The first-order valence-corrected chi connectivity index (χ1v) is 9.63. The van der Waals surface area contributed by atoms with Crippen LogP contribution in [0.15, 0.2) is 66.7 Å². The highest BCUT2D eigenvalue weighted by Crippen LogP contribution is 2.40. The van der Waals surface area contributed by atoms with Crippen LogP contribution >= 0.6 is 0 Å². The first-order chi connectivity index (χ1) is 13.3. The quantitative estimate of drug-likeness (QED) is 0.731. The molecule has 1 spiro atoms. The summed E-state index contributed by atoms with van der Waals surface area (Å²) in [5.74, 6) is 0.190. The van der Waals surface area contributed by atoms with E-state index in [2.05, 4.69) is 59.2 Å². The van der Waals surface area contributed by atoms with Crippen LogP contribution in [0.1, 0.15) is 18.4 Å². The molecule has 2 aliphatic heterocycles. The number of nitrogens with one attached hydrogen (secondary N) is 2. The van der Waals surface area contributed by atoms with Crippen LogP contribution < -0.4 is 15.5 Å². The third-order valence-electron chi connectivity index (χ3n) is 5.89. The lowest BCUT2D eigenvalue weighted by atomic mass is 9.84. The molecule has 1 amide bonds. The number of anilines is 2. The van der Waals surface area contributed by atoms with Gasteiger partial charge >= 0.3 is 0 Å². The summed E-state index contributed by atoms with van der Waals surface area (Å²) < 4.78 is 0. The zero-order chi connectivity index (χ0) is 18.3. The summed E-state index contributed by atoms with van der Waals surface area (Å²) in [5.41, 5.74) is 2.71. The van der Waals surface area contributed by atoms with Crippen molar-refractivity contribution in [2.45, 2.75) is 24.9 Å². The third kappa shape index (κ3) is 2.68. The number of hydrogen-bond acceptors (Lipinski definition) is 3. The molecule has 1 saturated heterocycles. The van der Waals surface area contributed by atoms with Crippen LogP contribution in [0, 0.1) is 0 Å². The van der Waals surface area contributed by atoms with E-state index in [1.165, 1.54) is 16.3 Å². The summed E-state index contributed by atoms with van der Waals surface area (Å²) in [7, 11) is 0. The SMILES string of the molecule is O=C1N(Cc2cccc3ccccc23)c2ccccc2NC12CCNCC2. The van der Waals surface area contributed by atoms with E-state index in [9.17, 15) is 4.79 Å². The lowest BCUT2D eigenvalue weighted by Gasteiger charge is -2.46. The maximum absolute atomic E-state index is 13.6. The summed E-state index contributed by atoms with van der Waals surface area (Å²) in [6.07, 6.45) is 1.62. The largest absolute Gasteiger partial charge is 0.369 e. The Morgan fingerprint density at radius 2 is 1.63 bits per heavy atom. The van der Waals surface area contributed by atoms with Crippen molar-refractivity contribution in [3.05, 3.63) is 72.3 Å². The van der Waals surface area contributed by atoms with Gasteiger partial charge in [0, 0.05) is 0 Å². The second-order valence-corrected chi connectivity index (χ2v) is 7.50. The number of amides is 1. The van der Waals surface area contributed by atoms with E-state index in [4.69, 9.17) is 0 Å². The maximum Gasteiger partial charge on any atom is 0.253 e. The van der Waals surface area contributed by atoms with Gasteiger partial charge in [-0.2, -0.15) is 0 Å². The molecule has 1 fully saturated rings. The zero-order valence-corrected chi connectivity index (χ0v) is 15.2. The van der Waals surface area contributed by atoms with Crippen LogP contribution in [-0.2, 0) is 11.3 Å². The fourth-order valence-corrected chi connectivity index (χ4v) is 4.44. The number of hydrogen-bond donors (Lipinski definition) is 2. The van der Waals surface area contributed by atoms with Crippen molar-refractivity contribution in [2.24, 2.45) is 0 Å². The van der Waals surface area contributed by atoms with E-state index in [1.54, 1.807) is 0 Å². The van der Waals surface area contributed by atoms with Crippen LogP contribution in [-0.4, -0.2) is 24.5 Å². The van der Waals surface area contributed by atoms with Gasteiger partial charge in [0.2, 0.25) is 0 Å². The van der Waals surface area contributed by atoms with Crippen molar-refractivity contribution in [1.29, 1.82) is 0 Å². The minimum Gasteiger partial charge on any atom is -0.369 e. The second-order valence-electron chi connectivity index (χ2n) is 7.50. The molecule has 0 unspecified atom stereocenters. The number of fused-ring (bicyclic) bond motifs is 2. The van der Waals surface area contributed by atoms with Gasteiger partial charge in [0.25, 0.3) is 5.91 Å². The molecular formula is C23H23N3O. The molecule has 2 N–H and O–H groups in total. The molecule has 2 heterocycles. The average molecular weight is 357 g/mol. The average Bonchev–Trinajstić information content (AvgIpc) is 2.72. The Hall–Kier alpha value is -2.85. The van der Waals surface area contributed by atoms with Crippen LogP contribution in [0.3, 0.4) is 0 Å².